The second-order valence-corrected chi connectivity index (χ2v) is 18.6. The molecule has 0 unspecified atom stereocenters. The van der Waals surface area contributed by atoms with Gasteiger partial charge in [-0.05, 0) is 5.56 Å². The van der Waals surface area contributed by atoms with E-state index in [0.717, 1.165) is 5.32 Å². The fraction of sp³-hybridized carbons (Fsp3) is 0.767. The van der Waals surface area contributed by atoms with Crippen molar-refractivity contribution in [3.05, 3.63) is 35.4 Å². The number of alkyl carbamates (subject to hydrolysis) is 1. The van der Waals surface area contributed by atoms with E-state index in [1.165, 1.54) is 0 Å². The van der Waals surface area contributed by atoms with Crippen LogP contribution in [-0.4, -0.2) is 239 Å². The molecule has 1 aromatic carbocycles. The van der Waals surface area contributed by atoms with Gasteiger partial charge in [-0.15, -0.1) is 0 Å². The van der Waals surface area contributed by atoms with Gasteiger partial charge in [-0.3, -0.25) is 14.4 Å². The lowest BCUT2D eigenvalue weighted by Crippen LogP contribution is -2.74. The molecule has 0 radical (unpaired) electrons. The zero-order valence-electron chi connectivity index (χ0n) is 41.8. The van der Waals surface area contributed by atoms with Crippen LogP contribution in [0.25, 0.3) is 0 Å². The summed E-state index contributed by atoms with van der Waals surface area (Å²) in [5, 5.41) is 89.3. The van der Waals surface area contributed by atoms with Gasteiger partial charge in [0.1, 0.15) is 61.0 Å². The molecule has 4 rings (SSSR count). The summed E-state index contributed by atoms with van der Waals surface area (Å²) in [7, 11) is 0. The number of nitrogens with one attached hydrogen (secondary N) is 4. The fourth-order valence-corrected chi connectivity index (χ4v) is 7.52. The van der Waals surface area contributed by atoms with Crippen molar-refractivity contribution < 1.29 is 168 Å². The van der Waals surface area contributed by atoms with E-state index in [4.69, 9.17) is 33.2 Å². The first-order chi connectivity index (χ1) is 38.1. The minimum atomic E-state index is -8.91. The van der Waals surface area contributed by atoms with Crippen LogP contribution in [-0.2, 0) is 54.1 Å². The number of rotatable bonds is 28. The maximum Gasteiger partial charge on any atom is 0.460 e. The molecule has 3 aliphatic rings. The predicted molar refractivity (Wildman–Crippen MR) is 230 cm³/mol. The minimum absolute atomic E-state index is 0.0286. The lowest BCUT2D eigenvalue weighted by Gasteiger charge is -2.43. The summed E-state index contributed by atoms with van der Waals surface area (Å²) >= 11 is 0. The van der Waals surface area contributed by atoms with E-state index >= 15 is 0 Å². The van der Waals surface area contributed by atoms with Crippen LogP contribution in [0.5, 0.6) is 0 Å². The van der Waals surface area contributed by atoms with Crippen molar-refractivity contribution in [1.29, 1.82) is 0 Å². The molecular weight excluding hydrogens is 1200 g/mol. The maximum absolute atomic E-state index is 14.7. The highest BCUT2D eigenvalue weighted by molar-refractivity contribution is 5.87. The van der Waals surface area contributed by atoms with Crippen LogP contribution in [0, 0.1) is 0 Å². The van der Waals surface area contributed by atoms with Gasteiger partial charge in [0.05, 0.1) is 46.2 Å². The average Bonchev–Trinajstić information content (AvgIpc) is 3.00. The highest BCUT2D eigenvalue weighted by atomic mass is 19.4. The lowest BCUT2D eigenvalue weighted by atomic mass is 9.88. The molecule has 0 spiro atoms. The lowest BCUT2D eigenvalue weighted by molar-refractivity contribution is -0.461. The van der Waals surface area contributed by atoms with E-state index < -0.39 is 210 Å². The highest BCUT2D eigenvalue weighted by Crippen LogP contribution is 2.64. The summed E-state index contributed by atoms with van der Waals surface area (Å²) in [6, 6.07) is 6.63. The number of hydrogen-bond acceptors (Lipinski definition) is 19. The fourth-order valence-electron chi connectivity index (χ4n) is 7.52. The van der Waals surface area contributed by atoms with E-state index in [-0.39, 0.29) is 6.54 Å². The molecule has 0 aliphatic carbocycles. The molecule has 3 fully saturated rings. The standard InChI is InChI=1S/C43H53F17N4O19/c44-36(45,37(46,47)38(48,49)39(50,51)40(52,53)41(54,55)42(56,57)43(58,59)60)7-8-61-34(76)81-17-35(15-79-32-29(74)27(72)25(70)20(13-65)82-32,16-80-33-30(75)28(73)26(71)21(14-66)83-33)64-24(69)12-63-23(68)6-5-22(67)62-11-18-1-3-19(4-2-18)31-77-9-10-78-31/h1-4,20-21,25-33,65-66,70-75H,5-17H2,(H,61,76)(H,62,67)(H,63,68)(H,64,69)/t20-,21-,25+,26+,27+,28+,29-,30-,32-,33-/m1/s1. The average molecular weight is 1250 g/mol. The molecule has 0 bridgehead atoms. The molecule has 3 aliphatic heterocycles. The Bertz CT molecular complexity index is 2280. The van der Waals surface area contributed by atoms with E-state index in [2.05, 4.69) is 10.6 Å². The molecule has 3 saturated heterocycles. The van der Waals surface area contributed by atoms with Crippen LogP contribution in [0.2, 0.25) is 0 Å². The van der Waals surface area contributed by atoms with Crippen LogP contribution in [0.4, 0.5) is 79.4 Å². The first kappa shape index (κ1) is 70.6. The van der Waals surface area contributed by atoms with E-state index in [1.807, 2.05) is 5.32 Å². The van der Waals surface area contributed by atoms with Gasteiger partial charge in [0.15, 0.2) is 18.9 Å². The second kappa shape index (κ2) is 27.2. The first-order valence-corrected chi connectivity index (χ1v) is 23.7. The molecule has 3 heterocycles. The van der Waals surface area contributed by atoms with Gasteiger partial charge < -0.3 is 95.3 Å². The van der Waals surface area contributed by atoms with E-state index in [9.17, 15) is 135 Å². The summed E-state index contributed by atoms with van der Waals surface area (Å²) in [4.78, 5) is 51.8. The number of carbonyl (C=O) groups is 4. The monoisotopic (exact) mass is 1250 g/mol. The van der Waals surface area contributed by atoms with Crippen LogP contribution in [0.3, 0.4) is 0 Å². The summed E-state index contributed by atoms with van der Waals surface area (Å²) in [6.45, 7) is -9.47. The Morgan fingerprint density at radius 2 is 0.964 bits per heavy atom. The van der Waals surface area contributed by atoms with Crippen LogP contribution in [0.1, 0.15) is 36.7 Å². The number of amides is 4. The maximum atomic E-state index is 14.7. The molecule has 0 aromatic heterocycles. The van der Waals surface area contributed by atoms with E-state index in [0.29, 0.717) is 24.3 Å². The molecule has 83 heavy (non-hydrogen) atoms. The van der Waals surface area contributed by atoms with Gasteiger partial charge in [-0.2, -0.15) is 74.6 Å². The Labute approximate surface area is 454 Å². The van der Waals surface area contributed by atoms with Gasteiger partial charge in [0.2, 0.25) is 17.7 Å². The Morgan fingerprint density at radius 3 is 1.41 bits per heavy atom. The number of halogens is 17. The second-order valence-electron chi connectivity index (χ2n) is 18.6. The summed E-state index contributed by atoms with van der Waals surface area (Å²) in [6.07, 6.45) is -36.4. The third kappa shape index (κ3) is 15.4. The topological polar surface area (TPSA) is 343 Å². The number of benzene rings is 1. The number of ether oxygens (including phenoxy) is 7. The Kier molecular flexibility index (Phi) is 23.2. The first-order valence-electron chi connectivity index (χ1n) is 23.7. The van der Waals surface area contributed by atoms with Gasteiger partial charge in [0, 0.05) is 37.9 Å². The number of aliphatic hydroxyl groups excluding tert-OH is 8. The van der Waals surface area contributed by atoms with Crippen LogP contribution in [0.15, 0.2) is 24.3 Å². The Morgan fingerprint density at radius 1 is 0.530 bits per heavy atom. The zero-order chi connectivity index (χ0) is 63.1. The molecule has 1 aromatic rings. The third-order valence-electron chi connectivity index (χ3n) is 12.5. The molecular formula is C43H53F17N4O19. The minimum Gasteiger partial charge on any atom is -0.447 e. The molecule has 0 saturated carbocycles. The quantitative estimate of drug-likeness (QED) is 0.0486. The summed E-state index contributed by atoms with van der Waals surface area (Å²) in [5.74, 6) is -61.9. The Hall–Kier alpha value is -4.85. The molecule has 23 nitrogen and oxygen atoms in total. The number of hydrogen-bond donors (Lipinski definition) is 12. The van der Waals surface area contributed by atoms with Gasteiger partial charge in [0.25, 0.3) is 0 Å². The zero-order valence-corrected chi connectivity index (χ0v) is 41.8. The van der Waals surface area contributed by atoms with Crippen molar-refractivity contribution in [2.24, 2.45) is 0 Å². The van der Waals surface area contributed by atoms with Crippen LogP contribution < -0.4 is 21.3 Å². The molecule has 4 amide bonds. The van der Waals surface area contributed by atoms with Crippen molar-refractivity contribution in [2.75, 3.05) is 59.3 Å². The van der Waals surface area contributed by atoms with Crippen LogP contribution >= 0.6 is 0 Å². The van der Waals surface area contributed by atoms with Crippen molar-refractivity contribution in [2.45, 2.75) is 147 Å². The normalized spacial score (nSPS) is 25.7. The van der Waals surface area contributed by atoms with Gasteiger partial charge in [-0.25, -0.2) is 4.79 Å². The third-order valence-corrected chi connectivity index (χ3v) is 12.5. The van der Waals surface area contributed by atoms with Crippen molar-refractivity contribution in [3.8, 4) is 0 Å². The number of alkyl halides is 17. The summed E-state index contributed by atoms with van der Waals surface area (Å²) < 4.78 is 272. The van der Waals surface area contributed by atoms with Crippen molar-refractivity contribution in [1.82, 2.24) is 21.3 Å². The van der Waals surface area contributed by atoms with Crippen molar-refractivity contribution in [3.63, 3.8) is 0 Å². The molecule has 478 valence electrons. The highest BCUT2D eigenvalue weighted by Gasteiger charge is 2.95. The largest absolute Gasteiger partial charge is 0.460 e. The van der Waals surface area contributed by atoms with Gasteiger partial charge in [-0.1, -0.05) is 24.3 Å². The number of aliphatic hydroxyl groups is 8. The van der Waals surface area contributed by atoms with E-state index in [1.54, 1.807) is 24.3 Å². The van der Waals surface area contributed by atoms with Crippen molar-refractivity contribution >= 4 is 23.8 Å². The Balaban J connectivity index is 1.56. The molecule has 40 heteroatoms. The summed E-state index contributed by atoms with van der Waals surface area (Å²) in [5.41, 5.74) is -1.52. The molecule has 10 atom stereocenters. The SMILES string of the molecule is O=C(CCC(=O)NCc1ccc(C2OCCO2)cc1)NCC(=O)NC(COC(=O)NCCC(F)(F)C(F)(F)C(F)(F)C(F)(F)C(F)(F)C(F)(F)C(F)(F)C(F)(F)F)(CO[C@@H]1O[C@H](CO)[C@H](O)[C@H](O)[C@H]1O)CO[C@@H]1O[C@H](CO)[C@H](O)[C@H](O)[C@H]1O. The van der Waals surface area contributed by atoms with Gasteiger partial charge >= 0.3 is 53.7 Å². The number of carbonyl (C=O) groups excluding carboxylic acids is 4. The predicted octanol–water partition coefficient (Wildman–Crippen LogP) is -0.142. The smallest absolute Gasteiger partial charge is 0.447 e. The molecule has 12 N–H and O–H groups in total.